The van der Waals surface area contributed by atoms with E-state index >= 15 is 0 Å². The van der Waals surface area contributed by atoms with Gasteiger partial charge in [-0.05, 0) is 35.9 Å². The molecule has 0 saturated carbocycles. The molecule has 0 unspecified atom stereocenters. The zero-order chi connectivity index (χ0) is 20.1. The highest BCUT2D eigenvalue weighted by Gasteiger charge is 2.08. The molecule has 3 aromatic rings. The van der Waals surface area contributed by atoms with Crippen molar-refractivity contribution in [3.05, 3.63) is 75.5 Å². The van der Waals surface area contributed by atoms with E-state index in [-0.39, 0.29) is 11.5 Å². The zero-order valence-electron chi connectivity index (χ0n) is 14.9. The number of carbonyl (C=O) groups is 1. The predicted octanol–water partition coefficient (Wildman–Crippen LogP) is 3.16. The molecule has 0 spiro atoms. The molecular weight excluding hydrogens is 420 g/mol. The number of aromatic nitrogens is 1. The number of amides is 1. The fourth-order valence-corrected chi connectivity index (χ4v) is 3.96. The second-order valence-corrected chi connectivity index (χ2v) is 9.24. The van der Waals surface area contributed by atoms with Crippen molar-refractivity contribution in [3.63, 3.8) is 0 Å². The molecular formula is C19H17ClN2O4S2. The molecule has 1 aromatic heterocycles. The van der Waals surface area contributed by atoms with Gasteiger partial charge in [0, 0.05) is 22.9 Å². The van der Waals surface area contributed by atoms with Crippen molar-refractivity contribution in [1.29, 1.82) is 0 Å². The van der Waals surface area contributed by atoms with Gasteiger partial charge in [-0.15, -0.1) is 11.3 Å². The summed E-state index contributed by atoms with van der Waals surface area (Å²) in [7, 11) is -3.27. The summed E-state index contributed by atoms with van der Waals surface area (Å²) < 4.78 is 30.1. The maximum atomic E-state index is 12.2. The Bertz CT molecular complexity index is 1150. The van der Waals surface area contributed by atoms with Crippen LogP contribution in [0.25, 0.3) is 0 Å². The Morgan fingerprint density at radius 3 is 2.57 bits per heavy atom. The van der Waals surface area contributed by atoms with Crippen molar-refractivity contribution >= 4 is 38.7 Å². The van der Waals surface area contributed by atoms with E-state index in [1.807, 2.05) is 40.4 Å². The van der Waals surface area contributed by atoms with Gasteiger partial charge in [0.2, 0.25) is 0 Å². The molecule has 0 aliphatic rings. The van der Waals surface area contributed by atoms with E-state index in [0.29, 0.717) is 22.1 Å². The van der Waals surface area contributed by atoms with Crippen molar-refractivity contribution < 1.29 is 17.9 Å². The first kappa shape index (κ1) is 20.3. The van der Waals surface area contributed by atoms with Crippen LogP contribution in [-0.2, 0) is 21.2 Å². The number of hydrogen-bond donors (Lipinski definition) is 0. The van der Waals surface area contributed by atoms with Crippen LogP contribution < -0.4 is 9.54 Å². The third-order valence-electron chi connectivity index (χ3n) is 3.79. The number of rotatable bonds is 6. The van der Waals surface area contributed by atoms with E-state index in [2.05, 4.69) is 4.99 Å². The zero-order valence-corrected chi connectivity index (χ0v) is 17.3. The van der Waals surface area contributed by atoms with Crippen molar-refractivity contribution in [2.75, 3.05) is 12.9 Å². The average molecular weight is 437 g/mol. The molecule has 1 amide bonds. The van der Waals surface area contributed by atoms with Crippen LogP contribution in [0.4, 0.5) is 0 Å². The van der Waals surface area contributed by atoms with Crippen LogP contribution in [0.2, 0.25) is 5.02 Å². The Hall–Kier alpha value is -2.42. The standard InChI is InChI=1S/C19H17ClN2O4S2/c1-28(24,25)16-8-6-15(7-9-16)26-13-18(23)21-19-22(10-11-27-19)12-14-4-2-3-5-17(14)20/h2-11H,12-13H2,1H3. The maximum Gasteiger partial charge on any atom is 0.286 e. The van der Waals surface area contributed by atoms with Crippen LogP contribution >= 0.6 is 22.9 Å². The lowest BCUT2D eigenvalue weighted by Crippen LogP contribution is -2.19. The monoisotopic (exact) mass is 436 g/mol. The lowest BCUT2D eigenvalue weighted by Gasteiger charge is -2.06. The molecule has 146 valence electrons. The number of benzene rings is 2. The van der Waals surface area contributed by atoms with Crippen LogP contribution in [0.1, 0.15) is 5.56 Å². The van der Waals surface area contributed by atoms with Gasteiger partial charge in [0.25, 0.3) is 5.91 Å². The summed E-state index contributed by atoms with van der Waals surface area (Å²) in [5.74, 6) is -0.0476. The van der Waals surface area contributed by atoms with E-state index in [4.69, 9.17) is 16.3 Å². The molecule has 0 N–H and O–H groups in total. The number of nitrogens with zero attached hydrogens (tertiary/aromatic N) is 2. The van der Waals surface area contributed by atoms with Gasteiger partial charge in [0.1, 0.15) is 5.75 Å². The molecule has 0 bridgehead atoms. The maximum absolute atomic E-state index is 12.2. The molecule has 3 rings (SSSR count). The van der Waals surface area contributed by atoms with Crippen molar-refractivity contribution in [1.82, 2.24) is 4.57 Å². The summed E-state index contributed by atoms with van der Waals surface area (Å²) in [6.45, 7) is 0.255. The average Bonchev–Trinajstić information content (AvgIpc) is 3.08. The van der Waals surface area contributed by atoms with Gasteiger partial charge in [0.05, 0.1) is 11.4 Å². The van der Waals surface area contributed by atoms with Crippen LogP contribution in [-0.4, -0.2) is 31.8 Å². The molecule has 2 aromatic carbocycles. The van der Waals surface area contributed by atoms with Gasteiger partial charge < -0.3 is 9.30 Å². The summed E-state index contributed by atoms with van der Waals surface area (Å²) in [6.07, 6.45) is 2.97. The van der Waals surface area contributed by atoms with Crippen LogP contribution in [0, 0.1) is 0 Å². The molecule has 0 atom stereocenters. The van der Waals surface area contributed by atoms with Crippen molar-refractivity contribution in [3.8, 4) is 5.75 Å². The largest absolute Gasteiger partial charge is 0.484 e. The predicted molar refractivity (Wildman–Crippen MR) is 108 cm³/mol. The first-order valence-electron chi connectivity index (χ1n) is 8.21. The molecule has 0 aliphatic heterocycles. The molecule has 0 saturated heterocycles. The Kier molecular flexibility index (Phi) is 6.33. The van der Waals surface area contributed by atoms with Crippen molar-refractivity contribution in [2.45, 2.75) is 11.4 Å². The van der Waals surface area contributed by atoms with E-state index in [9.17, 15) is 13.2 Å². The third kappa shape index (κ3) is 5.31. The number of halogens is 1. The summed E-state index contributed by atoms with van der Waals surface area (Å²) in [4.78, 5) is 17.0. The highest BCUT2D eigenvalue weighted by atomic mass is 35.5. The minimum atomic E-state index is -3.27. The minimum Gasteiger partial charge on any atom is -0.484 e. The first-order chi connectivity index (χ1) is 13.3. The van der Waals surface area contributed by atoms with E-state index < -0.39 is 15.7 Å². The van der Waals surface area contributed by atoms with Gasteiger partial charge in [0.15, 0.2) is 21.2 Å². The highest BCUT2D eigenvalue weighted by Crippen LogP contribution is 2.16. The summed E-state index contributed by atoms with van der Waals surface area (Å²) in [6, 6.07) is 13.4. The lowest BCUT2D eigenvalue weighted by molar-refractivity contribution is -0.120. The SMILES string of the molecule is CS(=O)(=O)c1ccc(OCC(=O)N=c2sccn2Cc2ccccc2Cl)cc1. The highest BCUT2D eigenvalue weighted by molar-refractivity contribution is 7.90. The van der Waals surface area contributed by atoms with Crippen LogP contribution in [0.3, 0.4) is 0 Å². The Morgan fingerprint density at radius 1 is 1.18 bits per heavy atom. The number of sulfone groups is 1. The minimum absolute atomic E-state index is 0.190. The molecule has 1 heterocycles. The van der Waals surface area contributed by atoms with Gasteiger partial charge in [-0.1, -0.05) is 29.8 Å². The van der Waals surface area contributed by atoms with Gasteiger partial charge >= 0.3 is 0 Å². The van der Waals surface area contributed by atoms with Gasteiger partial charge in [-0.2, -0.15) is 4.99 Å². The van der Waals surface area contributed by atoms with Crippen molar-refractivity contribution in [2.24, 2.45) is 4.99 Å². The van der Waals surface area contributed by atoms with Crippen LogP contribution in [0.15, 0.2) is 70.0 Å². The molecule has 0 radical (unpaired) electrons. The number of hydrogen-bond acceptors (Lipinski definition) is 5. The molecule has 9 heteroatoms. The summed E-state index contributed by atoms with van der Waals surface area (Å²) in [5, 5.41) is 2.49. The number of carbonyl (C=O) groups excluding carboxylic acids is 1. The second kappa shape index (κ2) is 8.72. The molecule has 6 nitrogen and oxygen atoms in total. The molecule has 28 heavy (non-hydrogen) atoms. The summed E-state index contributed by atoms with van der Waals surface area (Å²) >= 11 is 7.53. The number of ether oxygens (including phenoxy) is 1. The topological polar surface area (TPSA) is 77.7 Å². The lowest BCUT2D eigenvalue weighted by atomic mass is 10.2. The first-order valence-corrected chi connectivity index (χ1v) is 11.4. The summed E-state index contributed by atoms with van der Waals surface area (Å²) in [5.41, 5.74) is 0.929. The normalized spacial score (nSPS) is 12.1. The fourth-order valence-electron chi connectivity index (χ4n) is 2.38. The molecule has 0 fully saturated rings. The number of thiazole rings is 1. The second-order valence-electron chi connectivity index (χ2n) is 5.94. The van der Waals surface area contributed by atoms with E-state index in [0.717, 1.165) is 11.8 Å². The quantitative estimate of drug-likeness (QED) is 0.594. The Morgan fingerprint density at radius 2 is 1.89 bits per heavy atom. The third-order valence-corrected chi connectivity index (χ3v) is 6.08. The fraction of sp³-hybridized carbons (Fsp3) is 0.158. The van der Waals surface area contributed by atoms with Gasteiger partial charge in [-0.3, -0.25) is 4.79 Å². The smallest absolute Gasteiger partial charge is 0.286 e. The van der Waals surface area contributed by atoms with Crippen LogP contribution in [0.5, 0.6) is 5.75 Å². The van der Waals surface area contributed by atoms with Gasteiger partial charge in [-0.25, -0.2) is 8.42 Å². The Balaban J connectivity index is 1.67. The molecule has 0 aliphatic carbocycles. The van der Waals surface area contributed by atoms with E-state index in [1.165, 1.54) is 35.6 Å². The Labute approximate surface area is 171 Å². The van der Waals surface area contributed by atoms with E-state index in [1.54, 1.807) is 0 Å².